The van der Waals surface area contributed by atoms with Crippen LogP contribution in [0.1, 0.15) is 0 Å². The van der Waals surface area contributed by atoms with Crippen molar-refractivity contribution in [2.24, 2.45) is 4.99 Å². The lowest BCUT2D eigenvalue weighted by Gasteiger charge is -2.05. The highest BCUT2D eigenvalue weighted by molar-refractivity contribution is 7.80. The van der Waals surface area contributed by atoms with Gasteiger partial charge in [-0.05, 0) is 48.6 Å². The Labute approximate surface area is 137 Å². The van der Waals surface area contributed by atoms with E-state index in [0.29, 0.717) is 11.0 Å². The van der Waals surface area contributed by atoms with Gasteiger partial charge < -0.3 is 5.32 Å². The molecule has 3 aromatic rings. The topological polar surface area (TPSA) is 42.2 Å². The molecule has 0 saturated carbocycles. The van der Waals surface area contributed by atoms with E-state index in [-0.39, 0.29) is 10.9 Å². The molecule has 1 heterocycles. The molecule has 0 atom stereocenters. The summed E-state index contributed by atoms with van der Waals surface area (Å²) >= 11 is 5.15. The smallest absolute Gasteiger partial charge is 0.197 e. The number of nitrogens with zero attached hydrogens (tertiary/aromatic N) is 3. The van der Waals surface area contributed by atoms with E-state index in [0.717, 1.165) is 5.69 Å². The SMILES string of the molecule is Fc1cccc(NC(=S)N=c2ccn(-c3ccccc3)nc2)c1. The van der Waals surface area contributed by atoms with E-state index in [4.69, 9.17) is 12.2 Å². The quantitative estimate of drug-likeness (QED) is 0.736. The lowest BCUT2D eigenvalue weighted by atomic mass is 10.3. The largest absolute Gasteiger partial charge is 0.331 e. The zero-order valence-corrected chi connectivity index (χ0v) is 12.9. The maximum Gasteiger partial charge on any atom is 0.197 e. The van der Waals surface area contributed by atoms with Gasteiger partial charge in [-0.1, -0.05) is 24.3 Å². The van der Waals surface area contributed by atoms with Crippen LogP contribution in [0.25, 0.3) is 5.69 Å². The van der Waals surface area contributed by atoms with Crippen LogP contribution in [0.3, 0.4) is 0 Å². The Kier molecular flexibility index (Phi) is 4.54. The van der Waals surface area contributed by atoms with Gasteiger partial charge in [-0.15, -0.1) is 0 Å². The summed E-state index contributed by atoms with van der Waals surface area (Å²) in [5.74, 6) is -0.330. The van der Waals surface area contributed by atoms with Crippen molar-refractivity contribution in [3.63, 3.8) is 0 Å². The van der Waals surface area contributed by atoms with Crippen molar-refractivity contribution in [1.29, 1.82) is 0 Å². The predicted molar refractivity (Wildman–Crippen MR) is 91.7 cm³/mol. The third-order valence-electron chi connectivity index (χ3n) is 3.03. The van der Waals surface area contributed by atoms with Crippen molar-refractivity contribution in [3.05, 3.63) is 84.2 Å². The number of hydrogen-bond acceptors (Lipinski definition) is 2. The molecule has 0 unspecified atom stereocenters. The molecule has 1 N–H and O–H groups in total. The fraction of sp³-hybridized carbons (Fsp3) is 0. The predicted octanol–water partition coefficient (Wildman–Crippen LogP) is 3.31. The number of benzene rings is 2. The van der Waals surface area contributed by atoms with Crippen molar-refractivity contribution in [2.45, 2.75) is 0 Å². The molecule has 0 bridgehead atoms. The van der Waals surface area contributed by atoms with E-state index in [2.05, 4.69) is 15.4 Å². The molecule has 1 aromatic heterocycles. The van der Waals surface area contributed by atoms with Crippen molar-refractivity contribution in [3.8, 4) is 5.69 Å². The molecular formula is C17H13FN4S. The molecule has 114 valence electrons. The second kappa shape index (κ2) is 6.93. The number of nitrogens with one attached hydrogen (secondary N) is 1. The zero-order chi connectivity index (χ0) is 16.1. The van der Waals surface area contributed by atoms with E-state index in [9.17, 15) is 4.39 Å². The summed E-state index contributed by atoms with van der Waals surface area (Å²) in [6.07, 6.45) is 3.42. The Bertz CT molecular complexity index is 870. The molecule has 6 heteroatoms. The number of aromatic nitrogens is 2. The summed E-state index contributed by atoms with van der Waals surface area (Å²) in [6.45, 7) is 0. The van der Waals surface area contributed by atoms with Gasteiger partial charge in [0.05, 0.1) is 17.2 Å². The van der Waals surface area contributed by atoms with Crippen LogP contribution in [0.2, 0.25) is 0 Å². The highest BCUT2D eigenvalue weighted by Crippen LogP contribution is 2.09. The molecule has 0 radical (unpaired) electrons. The number of hydrogen-bond donors (Lipinski definition) is 1. The number of para-hydroxylation sites is 1. The molecule has 0 aliphatic heterocycles. The Morgan fingerprint density at radius 3 is 2.61 bits per heavy atom. The van der Waals surface area contributed by atoms with E-state index in [1.165, 1.54) is 12.1 Å². The molecule has 2 aromatic carbocycles. The van der Waals surface area contributed by atoms with Gasteiger partial charge >= 0.3 is 0 Å². The van der Waals surface area contributed by atoms with E-state index in [1.54, 1.807) is 35.3 Å². The summed E-state index contributed by atoms with van der Waals surface area (Å²) in [5.41, 5.74) is 1.52. The first-order valence-electron chi connectivity index (χ1n) is 6.92. The first-order valence-corrected chi connectivity index (χ1v) is 7.33. The fourth-order valence-electron chi connectivity index (χ4n) is 1.98. The van der Waals surface area contributed by atoms with Crippen molar-refractivity contribution in [2.75, 3.05) is 5.32 Å². The van der Waals surface area contributed by atoms with Crippen LogP contribution >= 0.6 is 12.2 Å². The van der Waals surface area contributed by atoms with E-state index < -0.39 is 0 Å². The highest BCUT2D eigenvalue weighted by Gasteiger charge is 1.98. The van der Waals surface area contributed by atoms with Crippen LogP contribution in [0.15, 0.2) is 78.0 Å². The molecule has 0 saturated heterocycles. The van der Waals surface area contributed by atoms with Crippen LogP contribution in [0.4, 0.5) is 10.1 Å². The first-order chi connectivity index (χ1) is 11.2. The van der Waals surface area contributed by atoms with Crippen LogP contribution in [-0.4, -0.2) is 14.9 Å². The van der Waals surface area contributed by atoms with Gasteiger partial charge in [0, 0.05) is 11.9 Å². The molecule has 0 spiro atoms. The summed E-state index contributed by atoms with van der Waals surface area (Å²) in [4.78, 5) is 4.24. The van der Waals surface area contributed by atoms with Gasteiger partial charge in [0.15, 0.2) is 5.11 Å². The van der Waals surface area contributed by atoms with E-state index in [1.807, 2.05) is 30.3 Å². The third-order valence-corrected chi connectivity index (χ3v) is 3.22. The van der Waals surface area contributed by atoms with Gasteiger partial charge in [-0.3, -0.25) is 0 Å². The third kappa shape index (κ3) is 4.08. The number of anilines is 1. The molecule has 23 heavy (non-hydrogen) atoms. The van der Waals surface area contributed by atoms with Gasteiger partial charge in [-0.25, -0.2) is 14.1 Å². The molecule has 0 amide bonds. The minimum Gasteiger partial charge on any atom is -0.331 e. The maximum absolute atomic E-state index is 13.1. The maximum atomic E-state index is 13.1. The average molecular weight is 324 g/mol. The average Bonchev–Trinajstić information content (AvgIpc) is 2.56. The van der Waals surface area contributed by atoms with Gasteiger partial charge in [0.2, 0.25) is 0 Å². The highest BCUT2D eigenvalue weighted by atomic mass is 32.1. The zero-order valence-electron chi connectivity index (χ0n) is 12.1. The second-order valence-corrected chi connectivity index (χ2v) is 5.10. The number of halogens is 1. The Balaban J connectivity index is 1.76. The molecule has 0 aliphatic carbocycles. The summed E-state index contributed by atoms with van der Waals surface area (Å²) < 4.78 is 14.9. The second-order valence-electron chi connectivity index (χ2n) is 4.72. The number of thiocarbonyl (C=S) groups is 1. The summed E-state index contributed by atoms with van der Waals surface area (Å²) in [7, 11) is 0. The normalized spacial score (nSPS) is 11.3. The van der Waals surface area contributed by atoms with Gasteiger partial charge in [0.1, 0.15) is 5.82 Å². The van der Waals surface area contributed by atoms with E-state index >= 15 is 0 Å². The number of rotatable bonds is 2. The molecule has 0 aliphatic rings. The Hall–Kier alpha value is -2.86. The van der Waals surface area contributed by atoms with Crippen LogP contribution in [-0.2, 0) is 0 Å². The van der Waals surface area contributed by atoms with Crippen LogP contribution < -0.4 is 10.7 Å². The lowest BCUT2D eigenvalue weighted by Crippen LogP contribution is -2.14. The van der Waals surface area contributed by atoms with Gasteiger partial charge in [-0.2, -0.15) is 5.10 Å². The Morgan fingerprint density at radius 1 is 1.09 bits per heavy atom. The molecular weight excluding hydrogens is 311 g/mol. The molecule has 4 nitrogen and oxygen atoms in total. The summed E-state index contributed by atoms with van der Waals surface area (Å²) in [6, 6.07) is 17.6. The molecule has 3 rings (SSSR count). The molecule has 0 fully saturated rings. The van der Waals surface area contributed by atoms with Crippen molar-refractivity contribution >= 4 is 23.0 Å². The van der Waals surface area contributed by atoms with Crippen molar-refractivity contribution < 1.29 is 4.39 Å². The Morgan fingerprint density at radius 2 is 1.91 bits per heavy atom. The van der Waals surface area contributed by atoms with Crippen molar-refractivity contribution in [1.82, 2.24) is 9.78 Å². The van der Waals surface area contributed by atoms with Crippen LogP contribution in [0, 0.1) is 5.82 Å². The summed E-state index contributed by atoms with van der Waals surface area (Å²) in [5, 5.41) is 8.03. The first kappa shape index (κ1) is 15.1. The lowest BCUT2D eigenvalue weighted by molar-refractivity contribution is 0.628. The standard InChI is InChI=1S/C17H13FN4S/c18-13-5-4-6-14(11-13)20-17(23)21-15-9-10-22(19-12-15)16-7-2-1-3-8-16/h1-12H,(H,20,23). The van der Waals surface area contributed by atoms with Crippen LogP contribution in [0.5, 0.6) is 0 Å². The van der Waals surface area contributed by atoms with Gasteiger partial charge in [0.25, 0.3) is 0 Å². The minimum absolute atomic E-state index is 0.245. The monoisotopic (exact) mass is 324 g/mol. The fourth-order valence-corrected chi connectivity index (χ4v) is 2.21. The minimum atomic E-state index is -0.330.